The van der Waals surface area contributed by atoms with Crippen LogP contribution >= 0.6 is 0 Å². The molecule has 0 amide bonds. The number of para-hydroxylation sites is 1. The Labute approximate surface area is 77.8 Å². The van der Waals surface area contributed by atoms with Crippen molar-refractivity contribution < 1.29 is 5.73 Å². The quantitative estimate of drug-likeness (QED) is 0.692. The second kappa shape index (κ2) is 3.23. The Balaban J connectivity index is 2.46. The molecule has 2 rings (SSSR count). The van der Waals surface area contributed by atoms with E-state index in [0.717, 1.165) is 6.42 Å². The van der Waals surface area contributed by atoms with Crippen LogP contribution in [0.4, 0.5) is 0 Å². The molecule has 2 aromatic rings. The highest BCUT2D eigenvalue weighted by Crippen LogP contribution is 2.18. The van der Waals surface area contributed by atoms with Crippen LogP contribution in [-0.2, 0) is 6.42 Å². The molecule has 1 aromatic heterocycles. The number of hydrogen-bond donors (Lipinski definition) is 2. The molecule has 2 nitrogen and oxygen atoms in total. The van der Waals surface area contributed by atoms with Gasteiger partial charge in [-0.25, -0.2) is 0 Å². The van der Waals surface area contributed by atoms with E-state index in [-0.39, 0.29) is 0 Å². The van der Waals surface area contributed by atoms with Gasteiger partial charge >= 0.3 is 0 Å². The number of nitrogens with one attached hydrogen (secondary N) is 1. The highest BCUT2D eigenvalue weighted by Gasteiger charge is 2.05. The molecule has 0 saturated carbocycles. The van der Waals surface area contributed by atoms with Gasteiger partial charge < -0.3 is 10.7 Å². The molecule has 1 heterocycles. The zero-order valence-corrected chi connectivity index (χ0v) is 7.88. The van der Waals surface area contributed by atoms with Gasteiger partial charge in [-0.2, -0.15) is 0 Å². The zero-order chi connectivity index (χ0) is 9.26. The highest BCUT2D eigenvalue weighted by atomic mass is 14.7. The van der Waals surface area contributed by atoms with Crippen LogP contribution in [0.15, 0.2) is 30.5 Å². The molecule has 13 heavy (non-hydrogen) atoms. The summed E-state index contributed by atoms with van der Waals surface area (Å²) in [5, 5.41) is 1.33. The second-order valence-electron chi connectivity index (χ2n) is 3.67. The van der Waals surface area contributed by atoms with E-state index in [4.69, 9.17) is 0 Å². The molecule has 2 heteroatoms. The van der Waals surface area contributed by atoms with Gasteiger partial charge in [0.25, 0.3) is 0 Å². The molecule has 68 valence electrons. The summed E-state index contributed by atoms with van der Waals surface area (Å²) in [6.07, 6.45) is 3.14. The van der Waals surface area contributed by atoms with Gasteiger partial charge in [0.05, 0.1) is 6.04 Å². The normalized spacial score (nSPS) is 13.4. The number of quaternary nitrogens is 1. The molecule has 0 bridgehead atoms. The van der Waals surface area contributed by atoms with Crippen LogP contribution in [0.1, 0.15) is 12.5 Å². The van der Waals surface area contributed by atoms with Crippen LogP contribution in [0.5, 0.6) is 0 Å². The molecule has 0 unspecified atom stereocenters. The monoisotopic (exact) mass is 175 g/mol. The van der Waals surface area contributed by atoms with Crippen LogP contribution in [0.25, 0.3) is 10.9 Å². The number of rotatable bonds is 2. The number of H-pyrrole nitrogens is 1. The molecule has 0 aliphatic heterocycles. The molecule has 0 radical (unpaired) electrons. The van der Waals surface area contributed by atoms with Gasteiger partial charge in [-0.05, 0) is 18.6 Å². The minimum Gasteiger partial charge on any atom is -0.361 e. The summed E-state index contributed by atoms with van der Waals surface area (Å²) in [6, 6.07) is 8.86. The van der Waals surface area contributed by atoms with E-state index < -0.39 is 0 Å². The summed E-state index contributed by atoms with van der Waals surface area (Å²) in [5.41, 5.74) is 6.60. The summed E-state index contributed by atoms with van der Waals surface area (Å²) in [7, 11) is 0. The summed E-state index contributed by atoms with van der Waals surface area (Å²) in [4.78, 5) is 3.27. The number of benzene rings is 1. The van der Waals surface area contributed by atoms with Gasteiger partial charge in [-0.1, -0.05) is 18.2 Å². The van der Waals surface area contributed by atoms with E-state index in [1.807, 2.05) is 0 Å². The first-order valence-electron chi connectivity index (χ1n) is 4.65. The Kier molecular flexibility index (Phi) is 2.07. The van der Waals surface area contributed by atoms with Crippen LogP contribution in [0, 0.1) is 0 Å². The van der Waals surface area contributed by atoms with Gasteiger partial charge in [0.15, 0.2) is 0 Å². The van der Waals surface area contributed by atoms with E-state index in [1.165, 1.54) is 16.5 Å². The van der Waals surface area contributed by atoms with Crippen molar-refractivity contribution in [2.45, 2.75) is 19.4 Å². The van der Waals surface area contributed by atoms with Crippen LogP contribution in [0.3, 0.4) is 0 Å². The van der Waals surface area contributed by atoms with Gasteiger partial charge in [-0.3, -0.25) is 0 Å². The molecule has 0 fully saturated rings. The number of aromatic amines is 1. The fraction of sp³-hybridized carbons (Fsp3) is 0.273. The van der Waals surface area contributed by atoms with E-state index in [9.17, 15) is 0 Å². The summed E-state index contributed by atoms with van der Waals surface area (Å²) >= 11 is 0. The molecule has 0 aliphatic carbocycles. The van der Waals surface area contributed by atoms with E-state index in [1.54, 1.807) is 0 Å². The Bertz CT molecular complexity index is 401. The number of fused-ring (bicyclic) bond motifs is 1. The van der Waals surface area contributed by atoms with Crippen molar-refractivity contribution in [2.75, 3.05) is 0 Å². The predicted molar refractivity (Wildman–Crippen MR) is 54.4 cm³/mol. The maximum Gasteiger partial charge on any atom is 0.0856 e. The van der Waals surface area contributed by atoms with Crippen LogP contribution in [-0.4, -0.2) is 11.0 Å². The van der Waals surface area contributed by atoms with Gasteiger partial charge in [0.2, 0.25) is 0 Å². The largest absolute Gasteiger partial charge is 0.361 e. The molecular weight excluding hydrogens is 160 g/mol. The van der Waals surface area contributed by atoms with E-state index in [2.05, 4.69) is 48.1 Å². The molecule has 0 saturated heterocycles. The molecular formula is C11H15N2+. The third-order valence-electron chi connectivity index (χ3n) is 2.24. The molecule has 1 atom stereocenters. The van der Waals surface area contributed by atoms with Crippen molar-refractivity contribution in [2.24, 2.45) is 0 Å². The lowest BCUT2D eigenvalue weighted by molar-refractivity contribution is -0.413. The van der Waals surface area contributed by atoms with Crippen molar-refractivity contribution in [1.82, 2.24) is 4.98 Å². The zero-order valence-electron chi connectivity index (χ0n) is 7.88. The van der Waals surface area contributed by atoms with Gasteiger partial charge in [0.1, 0.15) is 0 Å². The third kappa shape index (κ3) is 1.58. The average molecular weight is 175 g/mol. The summed E-state index contributed by atoms with van der Waals surface area (Å²) in [5.74, 6) is 0. The minimum absolute atomic E-state index is 0.471. The lowest BCUT2D eigenvalue weighted by atomic mass is 10.1. The maximum absolute atomic E-state index is 4.01. The first-order chi connectivity index (χ1) is 6.27. The van der Waals surface area contributed by atoms with Crippen molar-refractivity contribution >= 4 is 10.9 Å². The minimum atomic E-state index is 0.471. The van der Waals surface area contributed by atoms with Crippen LogP contribution < -0.4 is 5.73 Å². The fourth-order valence-corrected chi connectivity index (χ4v) is 1.68. The Morgan fingerprint density at radius 2 is 2.15 bits per heavy atom. The summed E-state index contributed by atoms with van der Waals surface area (Å²) < 4.78 is 0. The SMILES string of the molecule is C[C@@H]([NH3+])Cc1c[nH]c2ccccc12. The van der Waals surface area contributed by atoms with Crippen molar-refractivity contribution in [3.8, 4) is 0 Å². The molecule has 0 aliphatic rings. The Morgan fingerprint density at radius 3 is 2.92 bits per heavy atom. The van der Waals surface area contributed by atoms with E-state index in [0.29, 0.717) is 6.04 Å². The van der Waals surface area contributed by atoms with Crippen molar-refractivity contribution in [3.05, 3.63) is 36.0 Å². The predicted octanol–water partition coefficient (Wildman–Crippen LogP) is 1.34. The second-order valence-corrected chi connectivity index (χ2v) is 3.67. The van der Waals surface area contributed by atoms with Gasteiger partial charge in [0, 0.05) is 23.5 Å². The Morgan fingerprint density at radius 1 is 1.38 bits per heavy atom. The number of hydrogen-bond acceptors (Lipinski definition) is 0. The topological polar surface area (TPSA) is 43.4 Å². The van der Waals surface area contributed by atoms with Crippen molar-refractivity contribution in [3.63, 3.8) is 0 Å². The van der Waals surface area contributed by atoms with Gasteiger partial charge in [-0.15, -0.1) is 0 Å². The molecule has 0 spiro atoms. The Hall–Kier alpha value is -1.28. The molecule has 4 N–H and O–H groups in total. The first kappa shape index (κ1) is 8.32. The highest BCUT2D eigenvalue weighted by molar-refractivity contribution is 5.83. The third-order valence-corrected chi connectivity index (χ3v) is 2.24. The summed E-state index contributed by atoms with van der Waals surface area (Å²) in [6.45, 7) is 2.14. The van der Waals surface area contributed by atoms with Crippen LogP contribution in [0.2, 0.25) is 0 Å². The van der Waals surface area contributed by atoms with E-state index >= 15 is 0 Å². The maximum atomic E-state index is 4.01. The lowest BCUT2D eigenvalue weighted by Crippen LogP contribution is -2.60. The standard InChI is InChI=1S/C11H14N2/c1-8(12)6-9-7-13-11-5-3-2-4-10(9)11/h2-5,7-8,13H,6,12H2,1H3/p+1/t8-/m1/s1. The van der Waals surface area contributed by atoms with Crippen molar-refractivity contribution in [1.29, 1.82) is 0 Å². The average Bonchev–Trinajstić information content (AvgIpc) is 2.48. The lowest BCUT2D eigenvalue weighted by Gasteiger charge is -1.99. The molecule has 1 aromatic carbocycles. The number of aromatic nitrogens is 1. The fourth-order valence-electron chi connectivity index (χ4n) is 1.68. The smallest absolute Gasteiger partial charge is 0.0856 e. The first-order valence-corrected chi connectivity index (χ1v) is 4.65.